The van der Waals surface area contributed by atoms with Crippen molar-refractivity contribution in [2.24, 2.45) is 0 Å². The molecule has 0 saturated carbocycles. The van der Waals surface area contributed by atoms with Gasteiger partial charge in [-0.1, -0.05) is 0 Å². The highest BCUT2D eigenvalue weighted by molar-refractivity contribution is 7.14. The zero-order valence-corrected chi connectivity index (χ0v) is 16.2. The Bertz CT molecular complexity index is 988. The van der Waals surface area contributed by atoms with Crippen LogP contribution in [0.3, 0.4) is 0 Å². The van der Waals surface area contributed by atoms with Gasteiger partial charge in [0.15, 0.2) is 5.13 Å². The molecule has 1 saturated heterocycles. The second-order valence-corrected chi connectivity index (χ2v) is 7.48. The van der Waals surface area contributed by atoms with Gasteiger partial charge in [0.05, 0.1) is 12.8 Å². The Morgan fingerprint density at radius 3 is 2.86 bits per heavy atom. The van der Waals surface area contributed by atoms with E-state index in [1.165, 1.54) is 23.5 Å². The van der Waals surface area contributed by atoms with Crippen molar-refractivity contribution in [3.8, 4) is 0 Å². The molecule has 1 aliphatic heterocycles. The van der Waals surface area contributed by atoms with Crippen LogP contribution in [0.25, 0.3) is 0 Å². The maximum Gasteiger partial charge on any atom is 0.274 e. The monoisotopic (exact) mass is 414 g/mol. The number of halogens is 1. The minimum absolute atomic E-state index is 0.202. The second kappa shape index (κ2) is 8.44. The number of carbonyl (C=O) groups is 2. The summed E-state index contributed by atoms with van der Waals surface area (Å²) in [7, 11) is 0. The van der Waals surface area contributed by atoms with Crippen molar-refractivity contribution in [3.05, 3.63) is 65.3 Å². The summed E-state index contributed by atoms with van der Waals surface area (Å²) in [6, 6.07) is 8.90. The number of hydrogen-bond acceptors (Lipinski definition) is 6. The summed E-state index contributed by atoms with van der Waals surface area (Å²) in [6.07, 6.45) is 2.92. The molecule has 3 aromatic rings. The van der Waals surface area contributed by atoms with Crippen molar-refractivity contribution in [1.82, 2.24) is 15.2 Å². The lowest BCUT2D eigenvalue weighted by Gasteiger charge is -2.23. The lowest BCUT2D eigenvalue weighted by Crippen LogP contribution is -2.45. The van der Waals surface area contributed by atoms with Crippen LogP contribution in [0.1, 0.15) is 29.1 Å². The molecule has 150 valence electrons. The zero-order chi connectivity index (χ0) is 20.2. The number of nitrogens with zero attached hydrogens (tertiary/aromatic N) is 2. The number of furan rings is 1. The van der Waals surface area contributed by atoms with Crippen LogP contribution in [0.2, 0.25) is 0 Å². The van der Waals surface area contributed by atoms with Crippen molar-refractivity contribution in [1.29, 1.82) is 0 Å². The van der Waals surface area contributed by atoms with E-state index in [4.69, 9.17) is 4.42 Å². The SMILES string of the molecule is O=C(NCc1ccco1)[C@H]1CCCN1C(=O)c1csc(Nc2ccc(F)cc2)n1. The number of amides is 2. The van der Waals surface area contributed by atoms with E-state index in [-0.39, 0.29) is 29.9 Å². The third-order valence-electron chi connectivity index (χ3n) is 4.65. The number of likely N-dealkylation sites (tertiary alicyclic amines) is 1. The normalized spacial score (nSPS) is 16.0. The van der Waals surface area contributed by atoms with Crippen LogP contribution in [0.15, 0.2) is 52.5 Å². The number of rotatable bonds is 6. The van der Waals surface area contributed by atoms with Crippen molar-refractivity contribution in [2.75, 3.05) is 11.9 Å². The lowest BCUT2D eigenvalue weighted by molar-refractivity contribution is -0.125. The van der Waals surface area contributed by atoms with Crippen molar-refractivity contribution >= 4 is 34.0 Å². The predicted octanol–water partition coefficient (Wildman–Crippen LogP) is 3.54. The fourth-order valence-electron chi connectivity index (χ4n) is 3.22. The Hall–Kier alpha value is -3.20. The van der Waals surface area contributed by atoms with Gasteiger partial charge in [0.25, 0.3) is 5.91 Å². The van der Waals surface area contributed by atoms with Crippen LogP contribution in [0, 0.1) is 5.82 Å². The molecule has 0 unspecified atom stereocenters. The van der Waals surface area contributed by atoms with E-state index in [1.54, 1.807) is 40.8 Å². The molecule has 2 aromatic heterocycles. The Morgan fingerprint density at radius 1 is 1.28 bits per heavy atom. The zero-order valence-electron chi connectivity index (χ0n) is 15.4. The Morgan fingerprint density at radius 2 is 2.10 bits per heavy atom. The number of thiazole rings is 1. The van der Waals surface area contributed by atoms with Crippen LogP contribution < -0.4 is 10.6 Å². The number of carbonyl (C=O) groups excluding carboxylic acids is 2. The van der Waals surface area contributed by atoms with Crippen LogP contribution in [-0.2, 0) is 11.3 Å². The van der Waals surface area contributed by atoms with Gasteiger partial charge in [-0.2, -0.15) is 0 Å². The molecule has 1 fully saturated rings. The number of aromatic nitrogens is 1. The molecular formula is C20H19FN4O3S. The Labute approximate surface area is 170 Å². The maximum atomic E-state index is 13.0. The summed E-state index contributed by atoms with van der Waals surface area (Å²) in [5.74, 6) is -0.141. The first-order valence-corrected chi connectivity index (χ1v) is 10.1. The number of anilines is 2. The van der Waals surface area contributed by atoms with E-state index in [0.717, 1.165) is 6.42 Å². The highest BCUT2D eigenvalue weighted by Gasteiger charge is 2.35. The van der Waals surface area contributed by atoms with Gasteiger partial charge in [-0.3, -0.25) is 9.59 Å². The Kier molecular flexibility index (Phi) is 5.57. The average molecular weight is 414 g/mol. The smallest absolute Gasteiger partial charge is 0.274 e. The first-order valence-electron chi connectivity index (χ1n) is 9.19. The van der Waals surface area contributed by atoms with E-state index in [1.807, 2.05) is 0 Å². The number of hydrogen-bond donors (Lipinski definition) is 2. The van der Waals surface area contributed by atoms with Crippen LogP contribution >= 0.6 is 11.3 Å². The summed E-state index contributed by atoms with van der Waals surface area (Å²) >= 11 is 1.28. The summed E-state index contributed by atoms with van der Waals surface area (Å²) in [6.45, 7) is 0.794. The van der Waals surface area contributed by atoms with Crippen LogP contribution in [-0.4, -0.2) is 34.3 Å². The molecule has 4 rings (SSSR count). The summed E-state index contributed by atoms with van der Waals surface area (Å²) < 4.78 is 18.2. The predicted molar refractivity (Wildman–Crippen MR) is 106 cm³/mol. The van der Waals surface area contributed by atoms with Crippen LogP contribution in [0.5, 0.6) is 0 Å². The summed E-state index contributed by atoms with van der Waals surface area (Å²) in [5.41, 5.74) is 0.960. The fourth-order valence-corrected chi connectivity index (χ4v) is 3.93. The number of nitrogens with one attached hydrogen (secondary N) is 2. The maximum absolute atomic E-state index is 13.0. The molecule has 3 heterocycles. The van der Waals surface area contributed by atoms with Crippen molar-refractivity contribution in [2.45, 2.75) is 25.4 Å². The number of benzene rings is 1. The average Bonchev–Trinajstić information content (AvgIpc) is 3.48. The topological polar surface area (TPSA) is 87.5 Å². The fraction of sp³-hybridized carbons (Fsp3) is 0.250. The van der Waals surface area contributed by atoms with Gasteiger partial charge in [-0.15, -0.1) is 11.3 Å². The third kappa shape index (κ3) is 4.45. The molecule has 0 radical (unpaired) electrons. The Balaban J connectivity index is 1.39. The largest absolute Gasteiger partial charge is 0.467 e. The van der Waals surface area contributed by atoms with Gasteiger partial charge in [-0.25, -0.2) is 9.37 Å². The molecule has 0 bridgehead atoms. The van der Waals surface area contributed by atoms with Crippen molar-refractivity contribution < 1.29 is 18.4 Å². The van der Waals surface area contributed by atoms with Gasteiger partial charge in [0, 0.05) is 17.6 Å². The minimum Gasteiger partial charge on any atom is -0.467 e. The van der Waals surface area contributed by atoms with Gasteiger partial charge >= 0.3 is 0 Å². The standard InChI is InChI=1S/C20H19FN4O3S/c21-13-5-7-14(8-6-13)23-20-24-16(12-29-20)19(27)25-9-1-4-17(25)18(26)22-11-15-3-2-10-28-15/h2-3,5-8,10,12,17H,1,4,9,11H2,(H,22,26)(H,23,24)/t17-/m1/s1. The molecular weight excluding hydrogens is 395 g/mol. The third-order valence-corrected chi connectivity index (χ3v) is 5.41. The highest BCUT2D eigenvalue weighted by atomic mass is 32.1. The second-order valence-electron chi connectivity index (χ2n) is 6.62. The van der Waals surface area contributed by atoms with E-state index < -0.39 is 6.04 Å². The molecule has 29 heavy (non-hydrogen) atoms. The van der Waals surface area contributed by atoms with E-state index >= 15 is 0 Å². The molecule has 7 nitrogen and oxygen atoms in total. The molecule has 2 N–H and O–H groups in total. The molecule has 2 amide bonds. The van der Waals surface area contributed by atoms with E-state index in [9.17, 15) is 14.0 Å². The summed E-state index contributed by atoms with van der Waals surface area (Å²) in [4.78, 5) is 31.3. The van der Waals surface area contributed by atoms with Gasteiger partial charge < -0.3 is 20.0 Å². The van der Waals surface area contributed by atoms with Crippen molar-refractivity contribution in [3.63, 3.8) is 0 Å². The highest BCUT2D eigenvalue weighted by Crippen LogP contribution is 2.25. The molecule has 0 spiro atoms. The van der Waals surface area contributed by atoms with E-state index in [2.05, 4.69) is 15.6 Å². The summed E-state index contributed by atoms with van der Waals surface area (Å²) in [5, 5.41) is 8.05. The minimum atomic E-state index is -0.521. The van der Waals surface area contributed by atoms with Gasteiger partial charge in [0.1, 0.15) is 23.3 Å². The van der Waals surface area contributed by atoms with Crippen LogP contribution in [0.4, 0.5) is 15.2 Å². The first kappa shape index (κ1) is 19.1. The molecule has 9 heteroatoms. The quantitative estimate of drug-likeness (QED) is 0.644. The van der Waals surface area contributed by atoms with Gasteiger partial charge in [-0.05, 0) is 49.2 Å². The molecule has 1 atom stereocenters. The first-order chi connectivity index (χ1) is 14.1. The van der Waals surface area contributed by atoms with E-state index in [0.29, 0.717) is 29.5 Å². The lowest BCUT2D eigenvalue weighted by atomic mass is 10.2. The molecule has 0 aliphatic carbocycles. The molecule has 1 aromatic carbocycles. The van der Waals surface area contributed by atoms with Gasteiger partial charge in [0.2, 0.25) is 5.91 Å². The molecule has 1 aliphatic rings.